The van der Waals surface area contributed by atoms with Crippen molar-refractivity contribution < 1.29 is 4.58 Å². The van der Waals surface area contributed by atoms with E-state index in [1.165, 1.54) is 19.4 Å². The van der Waals surface area contributed by atoms with Gasteiger partial charge in [-0.15, -0.1) is 0 Å². The number of rotatable bonds is 3. The predicted molar refractivity (Wildman–Crippen MR) is 58.8 cm³/mol. The molecule has 0 aromatic rings. The van der Waals surface area contributed by atoms with E-state index in [4.69, 9.17) is 8.92 Å². The van der Waals surface area contributed by atoms with Crippen molar-refractivity contribution in [2.45, 2.75) is 19.8 Å². The summed E-state index contributed by atoms with van der Waals surface area (Å²) in [6.07, 6.45) is 6.65. The summed E-state index contributed by atoms with van der Waals surface area (Å²) in [6, 6.07) is 0. The van der Waals surface area contributed by atoms with Gasteiger partial charge in [0.2, 0.25) is 6.67 Å². The maximum absolute atomic E-state index is 4.85. The second-order valence-electron chi connectivity index (χ2n) is 2.69. The maximum atomic E-state index is 4.85. The summed E-state index contributed by atoms with van der Waals surface area (Å²) in [5.74, 6) is 0. The van der Waals surface area contributed by atoms with Crippen LogP contribution in [0, 0.1) is 0 Å². The van der Waals surface area contributed by atoms with Crippen molar-refractivity contribution in [2.75, 3.05) is 13.2 Å². The van der Waals surface area contributed by atoms with Crippen LogP contribution < -0.4 is 0 Å². The minimum atomic E-state index is 0.422. The normalized spacial score (nSPS) is 14.8. The fourth-order valence-corrected chi connectivity index (χ4v) is 1.02. The van der Waals surface area contributed by atoms with Gasteiger partial charge in [0.25, 0.3) is 0 Å². The summed E-state index contributed by atoms with van der Waals surface area (Å²) in [5, 5.41) is 0. The Bertz CT molecular complexity index is 159. The number of unbranched alkanes of at least 4 members (excludes halogenated alkanes) is 1. The zero-order chi connectivity index (χ0) is 9.40. The summed E-state index contributed by atoms with van der Waals surface area (Å²) in [4.78, 5) is 2.27. The first-order chi connectivity index (χ1) is 5.83. The van der Waals surface area contributed by atoms with E-state index in [-0.39, 0.29) is 0 Å². The van der Waals surface area contributed by atoms with E-state index >= 15 is 0 Å². The second-order valence-corrected chi connectivity index (χ2v) is 2.69. The van der Waals surface area contributed by atoms with Gasteiger partial charge in [-0.1, -0.05) is 13.3 Å². The molecule has 0 radical (unpaired) electrons. The molecule has 0 aromatic carbocycles. The first-order valence-corrected chi connectivity index (χ1v) is 11.4. The third-order valence-corrected chi connectivity index (χ3v) is 1.65. The summed E-state index contributed by atoms with van der Waals surface area (Å²) >= 11 is 0.422. The summed E-state index contributed by atoms with van der Waals surface area (Å²) in [6.45, 7) is 8.13. The topological polar surface area (TPSA) is 6.25 Å². The molecular weight excluding hydrogens is 278 g/mol. The standard InChI is InChI=1S/C8H15N2.ClH.Sn.3H/c1-3-4-5-10-7-6-9(2)8-10;;;;;/h6-7H,2-5,8H2,1H3;1H;;;;/q+1;;+1;;;/p-1. The van der Waals surface area contributed by atoms with Crippen molar-refractivity contribution in [1.82, 2.24) is 4.90 Å². The monoisotopic (exact) mass is 297 g/mol. The summed E-state index contributed by atoms with van der Waals surface area (Å²) in [7, 11) is 4.85. The zero-order valence-electron chi connectivity index (χ0n) is 7.96. The van der Waals surface area contributed by atoms with Crippen LogP contribution >= 0.6 is 8.92 Å². The Hall–Kier alpha value is 0.299. The van der Waals surface area contributed by atoms with E-state index in [1.54, 1.807) is 0 Å². The molecule has 12 heavy (non-hydrogen) atoms. The van der Waals surface area contributed by atoms with Crippen molar-refractivity contribution in [3.8, 4) is 0 Å². The van der Waals surface area contributed by atoms with Crippen LogP contribution in [0.1, 0.15) is 19.8 Å². The van der Waals surface area contributed by atoms with E-state index in [9.17, 15) is 0 Å². The van der Waals surface area contributed by atoms with Crippen LogP contribution in [0.2, 0.25) is 0 Å². The van der Waals surface area contributed by atoms with Gasteiger partial charge in [-0.3, -0.25) is 0 Å². The Morgan fingerprint density at radius 3 is 2.75 bits per heavy atom. The van der Waals surface area contributed by atoms with E-state index in [0.29, 0.717) is 21.4 Å². The Kier molecular flexibility index (Phi) is 8.12. The quantitative estimate of drug-likeness (QED) is 0.550. The molecule has 0 bridgehead atoms. The average molecular weight is 296 g/mol. The Balaban J connectivity index is 0.000000561. The van der Waals surface area contributed by atoms with Crippen molar-refractivity contribution in [2.24, 2.45) is 0 Å². The molecule has 0 saturated heterocycles. The van der Waals surface area contributed by atoms with Crippen LogP contribution in [0.15, 0.2) is 12.4 Å². The van der Waals surface area contributed by atoms with Gasteiger partial charge in [0.15, 0.2) is 6.20 Å². The van der Waals surface area contributed by atoms with Gasteiger partial charge in [-0.2, -0.15) is 4.58 Å². The van der Waals surface area contributed by atoms with E-state index in [1.807, 2.05) is 10.8 Å². The Morgan fingerprint density at radius 2 is 2.33 bits per heavy atom. The van der Waals surface area contributed by atoms with Gasteiger partial charge in [-0.05, 0) is 6.42 Å². The van der Waals surface area contributed by atoms with Gasteiger partial charge < -0.3 is 4.90 Å². The van der Waals surface area contributed by atoms with Crippen molar-refractivity contribution in [3.05, 3.63) is 12.4 Å². The Morgan fingerprint density at radius 1 is 1.67 bits per heavy atom. The molecule has 0 unspecified atom stereocenters. The van der Waals surface area contributed by atoms with Gasteiger partial charge >= 0.3 is 30.3 Å². The number of halogens is 1. The third-order valence-electron chi connectivity index (χ3n) is 1.65. The molecule has 1 heterocycles. The fraction of sp³-hybridized carbons (Fsp3) is 0.625. The molecule has 1 aliphatic rings. The fourth-order valence-electron chi connectivity index (χ4n) is 1.02. The van der Waals surface area contributed by atoms with Gasteiger partial charge in [0.05, 0.1) is 6.20 Å². The molecule has 4 heteroatoms. The van der Waals surface area contributed by atoms with Crippen LogP contribution in [0.3, 0.4) is 0 Å². The molecule has 0 atom stereocenters. The van der Waals surface area contributed by atoms with Gasteiger partial charge in [-0.25, -0.2) is 0 Å². The molecule has 2 nitrogen and oxygen atoms in total. The average Bonchev–Trinajstić information content (AvgIpc) is 2.51. The molecule has 0 aliphatic carbocycles. The molecule has 0 aromatic heterocycles. The van der Waals surface area contributed by atoms with Crippen molar-refractivity contribution in [3.63, 3.8) is 0 Å². The molecule has 70 valence electrons. The van der Waals surface area contributed by atoms with E-state index in [0.717, 1.165) is 6.67 Å². The first kappa shape index (κ1) is 12.3. The van der Waals surface area contributed by atoms with Crippen LogP contribution in [0.5, 0.6) is 0 Å². The Labute approximate surface area is 91.7 Å². The molecule has 1 aliphatic heterocycles. The van der Waals surface area contributed by atoms with Gasteiger partial charge in [0.1, 0.15) is 6.72 Å². The van der Waals surface area contributed by atoms with Crippen LogP contribution in [0.4, 0.5) is 0 Å². The summed E-state index contributed by atoms with van der Waals surface area (Å²) < 4.78 is 1.94. The molecule has 0 fully saturated rings. The molecule has 1 rings (SSSR count). The molecule has 0 saturated carbocycles. The third kappa shape index (κ3) is 5.04. The minimum absolute atomic E-state index is 0.422. The first-order valence-electron chi connectivity index (χ1n) is 4.20. The van der Waals surface area contributed by atoms with Crippen molar-refractivity contribution >= 4 is 37.0 Å². The zero-order valence-corrected chi connectivity index (χ0v) is 14.4. The number of hydrogen-bond acceptors (Lipinski definition) is 1. The van der Waals surface area contributed by atoms with E-state index < -0.39 is 0 Å². The molecular formula is C8H18ClN2Sn+. The predicted octanol–water partition coefficient (Wildman–Crippen LogP) is 0.749. The SMILES string of the molecule is C=[N+]1C=CN(CCCC)C1.[Cl][SnH3]. The molecule has 0 spiro atoms. The summed E-state index contributed by atoms with van der Waals surface area (Å²) in [5.41, 5.74) is 0. The van der Waals surface area contributed by atoms with E-state index in [2.05, 4.69) is 24.7 Å². The second kappa shape index (κ2) is 7.92. The van der Waals surface area contributed by atoms with Crippen LogP contribution in [0.25, 0.3) is 0 Å². The molecule has 0 amide bonds. The van der Waals surface area contributed by atoms with Crippen molar-refractivity contribution in [1.29, 1.82) is 0 Å². The molecule has 0 N–H and O–H groups in total. The number of hydrogen-bond donors (Lipinski definition) is 0. The van der Waals surface area contributed by atoms with Crippen LogP contribution in [-0.2, 0) is 0 Å². The number of nitrogens with zero attached hydrogens (tertiary/aromatic N) is 2. The van der Waals surface area contributed by atoms with Crippen LogP contribution in [-0.4, -0.2) is 50.8 Å². The van der Waals surface area contributed by atoms with Gasteiger partial charge in [0, 0.05) is 6.54 Å².